The van der Waals surface area contributed by atoms with E-state index >= 15 is 0 Å². The van der Waals surface area contributed by atoms with Crippen LogP contribution in [0.25, 0.3) is 0 Å². The highest BCUT2D eigenvalue weighted by molar-refractivity contribution is 5.18. The first kappa shape index (κ1) is 14.8. The van der Waals surface area contributed by atoms with Gasteiger partial charge < -0.3 is 0 Å². The first-order valence-electron chi connectivity index (χ1n) is 8.34. The molecule has 2 fully saturated rings. The third-order valence-electron chi connectivity index (χ3n) is 5.34. The standard InChI is InChI=1S/C19H22FN3/c20-18-5-3-16(4-6-18)14-23-11-8-19(23)7-10-22(15-19)13-17-2-1-9-21-12-17/h1-6,9,12H,7-8,10-11,13-15H2. The third kappa shape index (κ3) is 3.01. The first-order chi connectivity index (χ1) is 11.2. The number of hydrogen-bond acceptors (Lipinski definition) is 3. The highest BCUT2D eigenvalue weighted by Crippen LogP contribution is 2.40. The van der Waals surface area contributed by atoms with Crippen molar-refractivity contribution in [1.82, 2.24) is 14.8 Å². The molecule has 0 saturated carbocycles. The maximum absolute atomic E-state index is 13.0. The van der Waals surface area contributed by atoms with E-state index in [9.17, 15) is 4.39 Å². The molecule has 1 unspecified atom stereocenters. The highest BCUT2D eigenvalue weighted by atomic mass is 19.1. The van der Waals surface area contributed by atoms with Gasteiger partial charge in [0.1, 0.15) is 5.82 Å². The van der Waals surface area contributed by atoms with Crippen molar-refractivity contribution < 1.29 is 4.39 Å². The summed E-state index contributed by atoms with van der Waals surface area (Å²) in [5, 5.41) is 0. The van der Waals surface area contributed by atoms with Crippen molar-refractivity contribution in [3.63, 3.8) is 0 Å². The monoisotopic (exact) mass is 311 g/mol. The van der Waals surface area contributed by atoms with Crippen LogP contribution in [0.15, 0.2) is 48.8 Å². The Morgan fingerprint density at radius 2 is 1.83 bits per heavy atom. The molecule has 2 saturated heterocycles. The van der Waals surface area contributed by atoms with Crippen molar-refractivity contribution in [3.05, 3.63) is 65.7 Å². The van der Waals surface area contributed by atoms with Gasteiger partial charge in [0, 0.05) is 50.7 Å². The number of hydrogen-bond donors (Lipinski definition) is 0. The molecule has 3 nitrogen and oxygen atoms in total. The number of rotatable bonds is 4. The van der Waals surface area contributed by atoms with Crippen LogP contribution >= 0.6 is 0 Å². The van der Waals surface area contributed by atoms with E-state index in [-0.39, 0.29) is 5.82 Å². The van der Waals surface area contributed by atoms with Crippen molar-refractivity contribution in [2.45, 2.75) is 31.5 Å². The lowest BCUT2D eigenvalue weighted by molar-refractivity contribution is -0.0146. The summed E-state index contributed by atoms with van der Waals surface area (Å²) in [7, 11) is 0. The van der Waals surface area contributed by atoms with E-state index in [1.807, 2.05) is 30.6 Å². The van der Waals surface area contributed by atoms with Crippen LogP contribution in [0.5, 0.6) is 0 Å². The summed E-state index contributed by atoms with van der Waals surface area (Å²) in [5.41, 5.74) is 2.82. The molecule has 2 aliphatic heterocycles. The van der Waals surface area contributed by atoms with E-state index < -0.39 is 0 Å². The van der Waals surface area contributed by atoms with Gasteiger partial charge in [0.05, 0.1) is 0 Å². The van der Waals surface area contributed by atoms with Crippen LogP contribution in [-0.2, 0) is 13.1 Å². The molecule has 0 radical (unpaired) electrons. The number of pyridine rings is 1. The molecule has 1 aromatic heterocycles. The van der Waals surface area contributed by atoms with Crippen LogP contribution in [0, 0.1) is 5.82 Å². The molecule has 2 aliphatic rings. The SMILES string of the molecule is Fc1ccc(CN2CCC23CCN(Cc2cccnc2)C3)cc1. The Kier molecular flexibility index (Phi) is 3.87. The molecule has 4 heteroatoms. The molecule has 2 aromatic rings. The molecule has 1 atom stereocenters. The van der Waals surface area contributed by atoms with Gasteiger partial charge in [-0.1, -0.05) is 18.2 Å². The maximum atomic E-state index is 13.0. The Bertz CT molecular complexity index is 658. The summed E-state index contributed by atoms with van der Waals surface area (Å²) in [4.78, 5) is 9.32. The predicted octanol–water partition coefficient (Wildman–Crippen LogP) is 3.07. The van der Waals surface area contributed by atoms with Crippen molar-refractivity contribution in [2.75, 3.05) is 19.6 Å². The first-order valence-corrected chi connectivity index (χ1v) is 8.34. The lowest BCUT2D eigenvalue weighted by atomic mass is 9.83. The van der Waals surface area contributed by atoms with Crippen molar-refractivity contribution in [2.24, 2.45) is 0 Å². The summed E-state index contributed by atoms with van der Waals surface area (Å²) in [6.07, 6.45) is 6.29. The van der Waals surface area contributed by atoms with Gasteiger partial charge >= 0.3 is 0 Å². The zero-order valence-electron chi connectivity index (χ0n) is 13.3. The number of aromatic nitrogens is 1. The second kappa shape index (κ2) is 6.02. The third-order valence-corrected chi connectivity index (χ3v) is 5.34. The van der Waals surface area contributed by atoms with Crippen LogP contribution in [0.1, 0.15) is 24.0 Å². The molecule has 120 valence electrons. The van der Waals surface area contributed by atoms with Gasteiger partial charge in [0.15, 0.2) is 0 Å². The van der Waals surface area contributed by atoms with E-state index in [0.29, 0.717) is 5.54 Å². The summed E-state index contributed by atoms with van der Waals surface area (Å²) in [6.45, 7) is 5.34. The van der Waals surface area contributed by atoms with Crippen LogP contribution in [0.2, 0.25) is 0 Å². The molecule has 0 bridgehead atoms. The highest BCUT2D eigenvalue weighted by Gasteiger charge is 2.48. The second-order valence-corrected chi connectivity index (χ2v) is 6.84. The smallest absolute Gasteiger partial charge is 0.123 e. The Hall–Kier alpha value is -1.78. The molecule has 3 heterocycles. The summed E-state index contributed by atoms with van der Waals surface area (Å²) in [5.74, 6) is -0.157. The van der Waals surface area contributed by atoms with Gasteiger partial charge in [0.25, 0.3) is 0 Å². The zero-order chi connectivity index (χ0) is 15.7. The minimum absolute atomic E-state index is 0.157. The molecular weight excluding hydrogens is 289 g/mol. The van der Waals surface area contributed by atoms with Crippen LogP contribution in [0.4, 0.5) is 4.39 Å². The Balaban J connectivity index is 1.38. The van der Waals surface area contributed by atoms with E-state index in [1.54, 1.807) is 12.1 Å². The summed E-state index contributed by atoms with van der Waals surface area (Å²) < 4.78 is 13.0. The fourth-order valence-corrected chi connectivity index (χ4v) is 3.93. The zero-order valence-corrected chi connectivity index (χ0v) is 13.3. The topological polar surface area (TPSA) is 19.4 Å². The Labute approximate surface area is 136 Å². The van der Waals surface area contributed by atoms with Crippen LogP contribution in [0.3, 0.4) is 0 Å². The molecule has 0 aliphatic carbocycles. The fraction of sp³-hybridized carbons (Fsp3) is 0.421. The normalized spacial score (nSPS) is 24.9. The van der Waals surface area contributed by atoms with Gasteiger partial charge in [-0.3, -0.25) is 14.8 Å². The van der Waals surface area contributed by atoms with E-state index in [0.717, 1.165) is 32.7 Å². The van der Waals surface area contributed by atoms with Crippen molar-refractivity contribution in [3.8, 4) is 0 Å². The molecular formula is C19H22FN3. The largest absolute Gasteiger partial charge is 0.297 e. The quantitative estimate of drug-likeness (QED) is 0.865. The summed E-state index contributed by atoms with van der Waals surface area (Å²) in [6, 6.07) is 11.1. The van der Waals surface area contributed by atoms with Crippen LogP contribution in [-0.4, -0.2) is 40.0 Å². The molecule has 0 N–H and O–H groups in total. The average Bonchev–Trinajstić information content (AvgIpc) is 3.01. The van der Waals surface area contributed by atoms with E-state index in [4.69, 9.17) is 0 Å². The number of nitrogens with zero attached hydrogens (tertiary/aromatic N) is 3. The van der Waals surface area contributed by atoms with Gasteiger partial charge in [0.2, 0.25) is 0 Å². The molecule has 23 heavy (non-hydrogen) atoms. The van der Waals surface area contributed by atoms with Gasteiger partial charge in [-0.15, -0.1) is 0 Å². The second-order valence-electron chi connectivity index (χ2n) is 6.84. The number of likely N-dealkylation sites (tertiary alicyclic amines) is 2. The predicted molar refractivity (Wildman–Crippen MR) is 88.3 cm³/mol. The van der Waals surface area contributed by atoms with Gasteiger partial charge in [-0.25, -0.2) is 4.39 Å². The van der Waals surface area contributed by atoms with Crippen molar-refractivity contribution in [1.29, 1.82) is 0 Å². The minimum atomic E-state index is -0.157. The summed E-state index contributed by atoms with van der Waals surface area (Å²) >= 11 is 0. The van der Waals surface area contributed by atoms with Gasteiger partial charge in [-0.2, -0.15) is 0 Å². The maximum Gasteiger partial charge on any atom is 0.123 e. The van der Waals surface area contributed by atoms with E-state index in [1.165, 1.54) is 24.0 Å². The fourth-order valence-electron chi connectivity index (χ4n) is 3.93. The van der Waals surface area contributed by atoms with Crippen LogP contribution < -0.4 is 0 Å². The number of benzene rings is 1. The minimum Gasteiger partial charge on any atom is -0.297 e. The number of halogens is 1. The molecule has 0 amide bonds. The molecule has 1 spiro atoms. The molecule has 4 rings (SSSR count). The Morgan fingerprint density at radius 3 is 2.52 bits per heavy atom. The van der Waals surface area contributed by atoms with E-state index in [2.05, 4.69) is 20.9 Å². The lowest BCUT2D eigenvalue weighted by Gasteiger charge is -2.51. The lowest BCUT2D eigenvalue weighted by Crippen LogP contribution is -2.60. The Morgan fingerprint density at radius 1 is 1.00 bits per heavy atom. The molecule has 1 aromatic carbocycles. The average molecular weight is 311 g/mol. The van der Waals surface area contributed by atoms with Gasteiger partial charge in [-0.05, 0) is 42.2 Å². The van der Waals surface area contributed by atoms with Crippen molar-refractivity contribution >= 4 is 0 Å².